The van der Waals surface area contributed by atoms with E-state index >= 15 is 0 Å². The molecule has 0 aromatic heterocycles. The van der Waals surface area contributed by atoms with Crippen molar-refractivity contribution in [1.82, 2.24) is 0 Å². The van der Waals surface area contributed by atoms with Gasteiger partial charge in [0, 0.05) is 27.6 Å². The van der Waals surface area contributed by atoms with Crippen molar-refractivity contribution in [2.24, 2.45) is 0 Å². The van der Waals surface area contributed by atoms with Gasteiger partial charge in [-0.15, -0.1) is 0 Å². The number of hydrogen-bond donors (Lipinski definition) is 0. The van der Waals surface area contributed by atoms with Gasteiger partial charge in [0.2, 0.25) is 0 Å². The quantitative estimate of drug-likeness (QED) is 0.319. The molecule has 0 heterocycles. The summed E-state index contributed by atoms with van der Waals surface area (Å²) in [5, 5.41) is 0.882. The Hall–Kier alpha value is -3.88. The molecule has 4 aromatic carbocycles. The van der Waals surface area contributed by atoms with E-state index in [1.165, 1.54) is 5.56 Å². The lowest BCUT2D eigenvalue weighted by molar-refractivity contribution is 0.517. The van der Waals surface area contributed by atoms with Crippen LogP contribution >= 0.6 is 0 Å². The molecule has 4 aromatic rings. The summed E-state index contributed by atoms with van der Waals surface area (Å²) in [6.07, 6.45) is 2.23. The van der Waals surface area contributed by atoms with E-state index in [9.17, 15) is 8.78 Å². The highest BCUT2D eigenvalue weighted by molar-refractivity contribution is 5.84. The topological polar surface area (TPSA) is 0 Å². The minimum Gasteiger partial charge on any atom is -0.204 e. The second-order valence-electron chi connectivity index (χ2n) is 7.32. The van der Waals surface area contributed by atoms with Gasteiger partial charge in [0.15, 0.2) is 11.6 Å². The first-order valence-corrected chi connectivity index (χ1v) is 10.2. The normalized spacial score (nSPS) is 10.2. The fourth-order valence-corrected chi connectivity index (χ4v) is 3.31. The van der Waals surface area contributed by atoms with Crippen LogP contribution in [0.5, 0.6) is 0 Å². The molecule has 0 aliphatic carbocycles. The smallest absolute Gasteiger partial charge is 0.166 e. The highest BCUT2D eigenvalue weighted by atomic mass is 19.2. The number of fused-ring (bicyclic) bond motifs is 1. The van der Waals surface area contributed by atoms with E-state index in [4.69, 9.17) is 0 Å². The van der Waals surface area contributed by atoms with Crippen LogP contribution in [0.3, 0.4) is 0 Å². The Morgan fingerprint density at radius 2 is 1.13 bits per heavy atom. The predicted octanol–water partition coefficient (Wildman–Crippen LogP) is 6.87. The molecule has 0 bridgehead atoms. The Labute approximate surface area is 181 Å². The van der Waals surface area contributed by atoms with Gasteiger partial charge in [-0.3, -0.25) is 0 Å². The second kappa shape index (κ2) is 9.29. The molecule has 0 nitrogen and oxygen atoms in total. The minimum absolute atomic E-state index is 0.258. The maximum Gasteiger partial charge on any atom is 0.166 e. The number of aryl methyl sites for hydroxylation is 1. The van der Waals surface area contributed by atoms with Crippen LogP contribution in [0.1, 0.15) is 41.2 Å². The zero-order valence-corrected chi connectivity index (χ0v) is 17.2. The van der Waals surface area contributed by atoms with Crippen molar-refractivity contribution >= 4 is 10.8 Å². The Kier molecular flexibility index (Phi) is 6.11. The molecule has 4 rings (SSSR count). The summed E-state index contributed by atoms with van der Waals surface area (Å²) >= 11 is 0. The van der Waals surface area contributed by atoms with E-state index in [1.807, 2.05) is 24.3 Å². The summed E-state index contributed by atoms with van der Waals surface area (Å²) in [5.41, 5.74) is 4.86. The van der Waals surface area contributed by atoms with Crippen LogP contribution in [0.2, 0.25) is 0 Å². The first-order valence-electron chi connectivity index (χ1n) is 10.2. The average Bonchev–Trinajstić information content (AvgIpc) is 2.80. The lowest BCUT2D eigenvalue weighted by Gasteiger charge is -2.01. The number of hydrogen-bond acceptors (Lipinski definition) is 0. The molecule has 0 unspecified atom stereocenters. The fraction of sp³-hybridized carbons (Fsp3) is 0.103. The van der Waals surface area contributed by atoms with Gasteiger partial charge in [-0.1, -0.05) is 61.3 Å². The van der Waals surface area contributed by atoms with Crippen molar-refractivity contribution in [2.75, 3.05) is 0 Å². The molecule has 0 saturated carbocycles. The van der Waals surface area contributed by atoms with Crippen molar-refractivity contribution in [3.05, 3.63) is 118 Å². The third kappa shape index (κ3) is 5.00. The van der Waals surface area contributed by atoms with Gasteiger partial charge in [0.25, 0.3) is 0 Å². The van der Waals surface area contributed by atoms with Crippen LogP contribution in [0.25, 0.3) is 10.8 Å². The lowest BCUT2D eigenvalue weighted by atomic mass is 10.1. The van der Waals surface area contributed by atoms with Crippen LogP contribution in [0, 0.1) is 35.3 Å². The molecule has 0 N–H and O–H groups in total. The molecular weight excluding hydrogens is 386 g/mol. The first kappa shape index (κ1) is 20.4. The maximum absolute atomic E-state index is 13.8. The zero-order valence-electron chi connectivity index (χ0n) is 17.2. The van der Waals surface area contributed by atoms with Crippen LogP contribution in [-0.4, -0.2) is 0 Å². The van der Waals surface area contributed by atoms with Gasteiger partial charge in [-0.25, -0.2) is 8.78 Å². The molecule has 2 heteroatoms. The van der Waals surface area contributed by atoms with Gasteiger partial charge >= 0.3 is 0 Å². The molecule has 0 aliphatic rings. The molecule has 150 valence electrons. The third-order valence-corrected chi connectivity index (χ3v) is 4.99. The fourth-order valence-electron chi connectivity index (χ4n) is 3.31. The Bertz CT molecular complexity index is 1340. The summed E-state index contributed by atoms with van der Waals surface area (Å²) in [6.45, 7) is 2.17. The largest absolute Gasteiger partial charge is 0.204 e. The van der Waals surface area contributed by atoms with Crippen LogP contribution in [0.15, 0.2) is 78.9 Å². The molecule has 0 atom stereocenters. The van der Waals surface area contributed by atoms with Gasteiger partial charge in [0.05, 0.1) is 0 Å². The SMILES string of the molecule is CCCc1ccc(C#Cc2ccc(C#Cc3ccc4c(F)c(F)ccc4c3)cc2)cc1. The van der Waals surface area contributed by atoms with Gasteiger partial charge in [-0.2, -0.15) is 0 Å². The summed E-state index contributed by atoms with van der Waals surface area (Å²) in [5.74, 6) is 10.9. The Balaban J connectivity index is 1.48. The van der Waals surface area contributed by atoms with Crippen molar-refractivity contribution < 1.29 is 8.78 Å². The lowest BCUT2D eigenvalue weighted by Crippen LogP contribution is -1.86. The van der Waals surface area contributed by atoms with Crippen molar-refractivity contribution in [3.8, 4) is 23.7 Å². The molecule has 0 radical (unpaired) electrons. The monoisotopic (exact) mass is 406 g/mol. The van der Waals surface area contributed by atoms with E-state index in [2.05, 4.69) is 54.9 Å². The predicted molar refractivity (Wildman–Crippen MR) is 123 cm³/mol. The summed E-state index contributed by atoms with van der Waals surface area (Å²) < 4.78 is 27.2. The zero-order chi connectivity index (χ0) is 21.6. The van der Waals surface area contributed by atoms with Gasteiger partial charge < -0.3 is 0 Å². The Morgan fingerprint density at radius 3 is 1.71 bits per heavy atom. The number of benzene rings is 4. The average molecular weight is 406 g/mol. The van der Waals surface area contributed by atoms with Crippen molar-refractivity contribution in [3.63, 3.8) is 0 Å². The summed E-state index contributed by atoms with van der Waals surface area (Å²) in [4.78, 5) is 0. The summed E-state index contributed by atoms with van der Waals surface area (Å²) in [6, 6.07) is 23.8. The molecule has 0 aliphatic heterocycles. The standard InChI is InChI=1S/C29H20F2/c1-2-3-21-4-6-22(7-5-21)8-9-23-10-12-24(13-11-23)14-15-25-16-18-27-26(20-25)17-19-28(30)29(27)31/h4-7,10-13,16-20H,2-3H2,1H3. The Morgan fingerprint density at radius 1 is 0.613 bits per heavy atom. The molecule has 0 amide bonds. The molecule has 0 spiro atoms. The third-order valence-electron chi connectivity index (χ3n) is 4.99. The van der Waals surface area contributed by atoms with E-state index in [0.717, 1.165) is 41.2 Å². The number of rotatable bonds is 2. The van der Waals surface area contributed by atoms with E-state index in [-0.39, 0.29) is 5.39 Å². The van der Waals surface area contributed by atoms with Crippen LogP contribution in [0.4, 0.5) is 8.78 Å². The van der Waals surface area contributed by atoms with E-state index < -0.39 is 11.6 Å². The second-order valence-corrected chi connectivity index (χ2v) is 7.32. The van der Waals surface area contributed by atoms with Crippen LogP contribution in [-0.2, 0) is 6.42 Å². The minimum atomic E-state index is -0.844. The van der Waals surface area contributed by atoms with E-state index in [1.54, 1.807) is 24.3 Å². The first-order chi connectivity index (χ1) is 15.1. The highest BCUT2D eigenvalue weighted by Gasteiger charge is 2.06. The molecular formula is C29H20F2. The van der Waals surface area contributed by atoms with E-state index in [0.29, 0.717) is 5.39 Å². The maximum atomic E-state index is 13.8. The van der Waals surface area contributed by atoms with Gasteiger partial charge in [0.1, 0.15) is 0 Å². The van der Waals surface area contributed by atoms with Crippen molar-refractivity contribution in [2.45, 2.75) is 19.8 Å². The number of halogens is 2. The molecule has 0 saturated heterocycles. The molecule has 0 fully saturated rings. The van der Waals surface area contributed by atoms with Gasteiger partial charge in [-0.05, 0) is 72.0 Å². The summed E-state index contributed by atoms with van der Waals surface area (Å²) in [7, 11) is 0. The van der Waals surface area contributed by atoms with Crippen LogP contribution < -0.4 is 0 Å². The highest BCUT2D eigenvalue weighted by Crippen LogP contribution is 2.21. The molecule has 31 heavy (non-hydrogen) atoms. The van der Waals surface area contributed by atoms with Crippen molar-refractivity contribution in [1.29, 1.82) is 0 Å².